The average Bonchev–Trinajstić information content (AvgIpc) is 2.84. The van der Waals surface area contributed by atoms with Crippen molar-refractivity contribution in [3.8, 4) is 5.75 Å². The molecule has 2 aliphatic rings. The number of piperazine rings is 1. The van der Waals surface area contributed by atoms with Crippen LogP contribution in [0.4, 0.5) is 11.5 Å². The van der Waals surface area contributed by atoms with Crippen LogP contribution in [0.5, 0.6) is 5.75 Å². The standard InChI is InChI=1S/C23H31N5O4S/c1-17-5-3-4-12-28(17)23(29)21-15-18(16-25-22(21)27-13-10-24-11-14-27)26-33(30,31)20-8-6-19(32-2)7-9-20/h6-9,15-17,24,26H,3-5,10-14H2,1-2H3. The highest BCUT2D eigenvalue weighted by molar-refractivity contribution is 7.92. The number of carbonyl (C=O) groups excluding carboxylic acids is 1. The molecule has 1 unspecified atom stereocenters. The number of ether oxygens (including phenoxy) is 1. The fourth-order valence-electron chi connectivity index (χ4n) is 4.32. The molecule has 1 aromatic carbocycles. The number of nitrogens with one attached hydrogen (secondary N) is 2. The molecule has 4 rings (SSSR count). The molecule has 0 radical (unpaired) electrons. The lowest BCUT2D eigenvalue weighted by molar-refractivity contribution is 0.0636. The van der Waals surface area contributed by atoms with E-state index in [9.17, 15) is 13.2 Å². The van der Waals surface area contributed by atoms with Gasteiger partial charge in [-0.05, 0) is 56.5 Å². The van der Waals surface area contributed by atoms with Crippen LogP contribution in [0.25, 0.3) is 0 Å². The molecule has 0 saturated carbocycles. The number of carbonyl (C=O) groups is 1. The van der Waals surface area contributed by atoms with E-state index in [1.54, 1.807) is 18.2 Å². The predicted octanol–water partition coefficient (Wildman–Crippen LogP) is 2.32. The Morgan fingerprint density at radius 1 is 1.15 bits per heavy atom. The van der Waals surface area contributed by atoms with Crippen molar-refractivity contribution in [1.29, 1.82) is 0 Å². The maximum atomic E-state index is 13.6. The van der Waals surface area contributed by atoms with Crippen LogP contribution in [0.15, 0.2) is 41.4 Å². The summed E-state index contributed by atoms with van der Waals surface area (Å²) in [6, 6.07) is 7.90. The first kappa shape index (κ1) is 23.3. The van der Waals surface area contributed by atoms with Gasteiger partial charge in [0.25, 0.3) is 15.9 Å². The number of anilines is 2. The van der Waals surface area contributed by atoms with Gasteiger partial charge in [-0.2, -0.15) is 0 Å². The van der Waals surface area contributed by atoms with E-state index >= 15 is 0 Å². The van der Waals surface area contributed by atoms with E-state index in [0.29, 0.717) is 23.7 Å². The third-order valence-corrected chi connectivity index (χ3v) is 7.60. The van der Waals surface area contributed by atoms with E-state index < -0.39 is 10.0 Å². The molecule has 0 bridgehead atoms. The number of likely N-dealkylation sites (tertiary alicyclic amines) is 1. The van der Waals surface area contributed by atoms with Gasteiger partial charge < -0.3 is 19.9 Å². The molecule has 1 aromatic heterocycles. The van der Waals surface area contributed by atoms with Crippen molar-refractivity contribution in [1.82, 2.24) is 15.2 Å². The van der Waals surface area contributed by atoms with Gasteiger partial charge in [-0.15, -0.1) is 0 Å². The number of pyridine rings is 1. The molecule has 178 valence electrons. The Hall–Kier alpha value is -2.85. The maximum absolute atomic E-state index is 13.6. The molecule has 2 fully saturated rings. The summed E-state index contributed by atoms with van der Waals surface area (Å²) >= 11 is 0. The maximum Gasteiger partial charge on any atom is 0.261 e. The molecule has 1 amide bonds. The fourth-order valence-corrected chi connectivity index (χ4v) is 5.36. The van der Waals surface area contributed by atoms with E-state index in [0.717, 1.165) is 45.4 Å². The van der Waals surface area contributed by atoms with Crippen LogP contribution in [0, 0.1) is 0 Å². The molecule has 0 spiro atoms. The Morgan fingerprint density at radius 2 is 1.88 bits per heavy atom. The first-order chi connectivity index (χ1) is 15.9. The topological polar surface area (TPSA) is 104 Å². The number of nitrogens with zero attached hydrogens (tertiary/aromatic N) is 3. The van der Waals surface area contributed by atoms with E-state index in [1.807, 2.05) is 4.90 Å². The summed E-state index contributed by atoms with van der Waals surface area (Å²) in [5, 5.41) is 3.31. The zero-order valence-electron chi connectivity index (χ0n) is 19.1. The summed E-state index contributed by atoms with van der Waals surface area (Å²) in [5.41, 5.74) is 0.693. The van der Waals surface area contributed by atoms with Crippen molar-refractivity contribution in [2.24, 2.45) is 0 Å². The summed E-state index contributed by atoms with van der Waals surface area (Å²) in [5.74, 6) is 1.07. The van der Waals surface area contributed by atoms with Gasteiger partial charge in [0.15, 0.2) is 0 Å². The molecule has 1 atom stereocenters. The fraction of sp³-hybridized carbons (Fsp3) is 0.478. The average molecular weight is 474 g/mol. The molecule has 3 heterocycles. The van der Waals surface area contributed by atoms with Crippen LogP contribution in [-0.2, 0) is 10.0 Å². The lowest BCUT2D eigenvalue weighted by Gasteiger charge is -2.35. The molecule has 2 N–H and O–H groups in total. The summed E-state index contributed by atoms with van der Waals surface area (Å²) in [6.07, 6.45) is 4.52. The van der Waals surface area contributed by atoms with Crippen molar-refractivity contribution in [3.05, 3.63) is 42.1 Å². The number of sulfonamides is 1. The highest BCUT2D eigenvalue weighted by Crippen LogP contribution is 2.28. The Bertz CT molecular complexity index is 1080. The normalized spacial score (nSPS) is 19.3. The zero-order valence-corrected chi connectivity index (χ0v) is 19.9. The highest BCUT2D eigenvalue weighted by Gasteiger charge is 2.29. The van der Waals surface area contributed by atoms with Crippen LogP contribution in [0.2, 0.25) is 0 Å². The van der Waals surface area contributed by atoms with Gasteiger partial charge in [0.05, 0.1) is 29.5 Å². The predicted molar refractivity (Wildman–Crippen MR) is 127 cm³/mol. The minimum atomic E-state index is -3.85. The van der Waals surface area contributed by atoms with Crippen molar-refractivity contribution in [2.75, 3.05) is 49.5 Å². The molecular weight excluding hydrogens is 442 g/mol. The van der Waals surface area contributed by atoms with Gasteiger partial charge in [0.2, 0.25) is 0 Å². The first-order valence-electron chi connectivity index (χ1n) is 11.3. The van der Waals surface area contributed by atoms with Gasteiger partial charge in [-0.25, -0.2) is 13.4 Å². The Kier molecular flexibility index (Phi) is 7.04. The van der Waals surface area contributed by atoms with Gasteiger partial charge in [-0.1, -0.05) is 0 Å². The number of hydrogen-bond acceptors (Lipinski definition) is 7. The number of aromatic nitrogens is 1. The zero-order chi connectivity index (χ0) is 23.4. The van der Waals surface area contributed by atoms with Crippen LogP contribution in [0.1, 0.15) is 36.5 Å². The summed E-state index contributed by atoms with van der Waals surface area (Å²) in [6.45, 7) is 5.84. The van der Waals surface area contributed by atoms with Gasteiger partial charge in [0, 0.05) is 38.8 Å². The molecule has 2 aliphatic heterocycles. The Balaban J connectivity index is 1.66. The number of benzene rings is 1. The molecule has 2 saturated heterocycles. The van der Waals surface area contributed by atoms with Gasteiger partial charge in [0.1, 0.15) is 11.6 Å². The minimum absolute atomic E-state index is 0.103. The second kappa shape index (κ2) is 9.96. The highest BCUT2D eigenvalue weighted by atomic mass is 32.2. The lowest BCUT2D eigenvalue weighted by atomic mass is 10.0. The second-order valence-corrected chi connectivity index (χ2v) is 10.1. The van der Waals surface area contributed by atoms with Crippen LogP contribution < -0.4 is 19.7 Å². The van der Waals surface area contributed by atoms with E-state index in [1.165, 1.54) is 25.4 Å². The van der Waals surface area contributed by atoms with E-state index in [-0.39, 0.29) is 22.5 Å². The summed E-state index contributed by atoms with van der Waals surface area (Å²) in [7, 11) is -2.33. The second-order valence-electron chi connectivity index (χ2n) is 8.46. The van der Waals surface area contributed by atoms with Crippen molar-refractivity contribution in [2.45, 2.75) is 37.1 Å². The number of piperidine rings is 1. The molecular formula is C23H31N5O4S. The Labute approximate surface area is 195 Å². The molecule has 9 nitrogen and oxygen atoms in total. The third-order valence-electron chi connectivity index (χ3n) is 6.20. The van der Waals surface area contributed by atoms with Crippen molar-refractivity contribution in [3.63, 3.8) is 0 Å². The molecule has 2 aromatic rings. The summed E-state index contributed by atoms with van der Waals surface area (Å²) < 4.78 is 33.5. The smallest absolute Gasteiger partial charge is 0.261 e. The molecule has 33 heavy (non-hydrogen) atoms. The lowest BCUT2D eigenvalue weighted by Crippen LogP contribution is -2.46. The number of amides is 1. The monoisotopic (exact) mass is 473 g/mol. The van der Waals surface area contributed by atoms with Crippen molar-refractivity contribution >= 4 is 27.4 Å². The first-order valence-corrected chi connectivity index (χ1v) is 12.8. The Morgan fingerprint density at radius 3 is 2.55 bits per heavy atom. The van der Waals surface area contributed by atoms with Crippen LogP contribution >= 0.6 is 0 Å². The SMILES string of the molecule is COc1ccc(S(=O)(=O)Nc2cnc(N3CCNCC3)c(C(=O)N3CCCCC3C)c2)cc1. The van der Waals surface area contributed by atoms with E-state index in [4.69, 9.17) is 4.74 Å². The molecule has 0 aliphatic carbocycles. The van der Waals surface area contributed by atoms with E-state index in [2.05, 4.69) is 26.8 Å². The van der Waals surface area contributed by atoms with Gasteiger partial charge >= 0.3 is 0 Å². The van der Waals surface area contributed by atoms with Crippen LogP contribution in [-0.4, -0.2) is 70.1 Å². The minimum Gasteiger partial charge on any atom is -0.497 e. The number of methoxy groups -OCH3 is 1. The number of hydrogen-bond donors (Lipinski definition) is 2. The number of rotatable bonds is 6. The summed E-state index contributed by atoms with van der Waals surface area (Å²) in [4.78, 5) is 22.2. The largest absolute Gasteiger partial charge is 0.497 e. The molecule has 10 heteroatoms. The van der Waals surface area contributed by atoms with Crippen LogP contribution in [0.3, 0.4) is 0 Å². The van der Waals surface area contributed by atoms with Crippen molar-refractivity contribution < 1.29 is 17.9 Å². The van der Waals surface area contributed by atoms with Gasteiger partial charge in [-0.3, -0.25) is 9.52 Å². The third kappa shape index (κ3) is 5.22. The quantitative estimate of drug-likeness (QED) is 0.664.